The molecule has 130 valence electrons. The fourth-order valence-corrected chi connectivity index (χ4v) is 3.62. The zero-order valence-corrected chi connectivity index (χ0v) is 14.8. The first-order valence-electron chi connectivity index (χ1n) is 9.25. The van der Waals surface area contributed by atoms with Gasteiger partial charge < -0.3 is 9.80 Å². The number of piperidine rings is 1. The van der Waals surface area contributed by atoms with Crippen molar-refractivity contribution < 1.29 is 0 Å². The molecule has 1 saturated heterocycles. The summed E-state index contributed by atoms with van der Waals surface area (Å²) >= 11 is 0. The molecule has 4 heteroatoms. The van der Waals surface area contributed by atoms with Crippen LogP contribution in [0, 0.1) is 0 Å². The zero-order valence-electron chi connectivity index (χ0n) is 14.8. The molecule has 0 radical (unpaired) electrons. The summed E-state index contributed by atoms with van der Waals surface area (Å²) in [5, 5.41) is 4.29. The Bertz CT molecular complexity index is 567. The molecule has 1 aromatic heterocycles. The van der Waals surface area contributed by atoms with E-state index in [1.54, 1.807) is 0 Å². The predicted octanol–water partition coefficient (Wildman–Crippen LogP) is 2.91. The standard InChI is InChI=1S/C20H30N4/c1-22(17-11-19-8-3-2-4-9-19)20-10-5-13-23(18-20)14-7-16-24-15-6-12-21-24/h2-4,6,8-9,12,15,20H,5,7,10-11,13-14,16-18H2,1H3/t20-/m0/s1. The Morgan fingerprint density at radius 3 is 2.83 bits per heavy atom. The normalized spacial score (nSPS) is 19.0. The van der Waals surface area contributed by atoms with Gasteiger partial charge in [-0.2, -0.15) is 5.10 Å². The van der Waals surface area contributed by atoms with Gasteiger partial charge in [0.25, 0.3) is 0 Å². The molecule has 0 unspecified atom stereocenters. The number of rotatable bonds is 8. The Morgan fingerprint density at radius 1 is 1.17 bits per heavy atom. The van der Waals surface area contributed by atoms with Crippen molar-refractivity contribution in [1.82, 2.24) is 19.6 Å². The lowest BCUT2D eigenvalue weighted by molar-refractivity contribution is 0.115. The van der Waals surface area contributed by atoms with Crippen molar-refractivity contribution in [2.24, 2.45) is 0 Å². The smallest absolute Gasteiger partial charge is 0.0489 e. The molecule has 1 atom stereocenters. The van der Waals surface area contributed by atoms with Gasteiger partial charge in [-0.1, -0.05) is 30.3 Å². The van der Waals surface area contributed by atoms with Gasteiger partial charge in [-0.25, -0.2) is 0 Å². The summed E-state index contributed by atoms with van der Waals surface area (Å²) in [5.41, 5.74) is 1.44. The van der Waals surface area contributed by atoms with E-state index in [4.69, 9.17) is 0 Å². The summed E-state index contributed by atoms with van der Waals surface area (Å²) in [4.78, 5) is 5.20. The molecule has 0 spiro atoms. The quantitative estimate of drug-likeness (QED) is 0.745. The van der Waals surface area contributed by atoms with E-state index < -0.39 is 0 Å². The highest BCUT2D eigenvalue weighted by Gasteiger charge is 2.22. The van der Waals surface area contributed by atoms with E-state index in [9.17, 15) is 0 Å². The molecule has 4 nitrogen and oxygen atoms in total. The minimum Gasteiger partial charge on any atom is -0.302 e. The number of aryl methyl sites for hydroxylation is 1. The topological polar surface area (TPSA) is 24.3 Å². The Labute approximate surface area is 146 Å². The van der Waals surface area contributed by atoms with Crippen molar-refractivity contribution >= 4 is 0 Å². The summed E-state index contributed by atoms with van der Waals surface area (Å²) in [6, 6.07) is 13.5. The van der Waals surface area contributed by atoms with Crippen molar-refractivity contribution in [3.05, 3.63) is 54.4 Å². The number of hydrogen-bond donors (Lipinski definition) is 0. The first-order valence-corrected chi connectivity index (χ1v) is 9.25. The van der Waals surface area contributed by atoms with E-state index in [2.05, 4.69) is 58.5 Å². The molecule has 24 heavy (non-hydrogen) atoms. The molecular weight excluding hydrogens is 296 g/mol. The van der Waals surface area contributed by atoms with Crippen LogP contribution in [0.3, 0.4) is 0 Å². The van der Waals surface area contributed by atoms with E-state index in [1.165, 1.54) is 44.5 Å². The highest BCUT2D eigenvalue weighted by molar-refractivity contribution is 5.14. The molecular formula is C20H30N4. The second-order valence-corrected chi connectivity index (χ2v) is 6.94. The SMILES string of the molecule is CN(CCc1ccccc1)[C@H]1CCCN(CCCn2cccn2)C1. The number of aromatic nitrogens is 2. The second kappa shape index (κ2) is 9.00. The number of likely N-dealkylation sites (N-methyl/N-ethyl adjacent to an activating group) is 1. The van der Waals surface area contributed by atoms with Gasteiger partial charge >= 0.3 is 0 Å². The average Bonchev–Trinajstić information content (AvgIpc) is 3.14. The van der Waals surface area contributed by atoms with Crippen LogP contribution in [-0.2, 0) is 13.0 Å². The lowest BCUT2D eigenvalue weighted by Gasteiger charge is -2.37. The Balaban J connectivity index is 1.39. The van der Waals surface area contributed by atoms with Crippen LogP contribution in [0.5, 0.6) is 0 Å². The van der Waals surface area contributed by atoms with E-state index in [1.807, 2.05) is 16.9 Å². The van der Waals surface area contributed by atoms with E-state index in [0.717, 1.165) is 19.5 Å². The minimum absolute atomic E-state index is 0.701. The highest BCUT2D eigenvalue weighted by atomic mass is 15.3. The monoisotopic (exact) mass is 326 g/mol. The van der Waals surface area contributed by atoms with Gasteiger partial charge in [-0.15, -0.1) is 0 Å². The van der Waals surface area contributed by atoms with E-state index >= 15 is 0 Å². The van der Waals surface area contributed by atoms with Crippen LogP contribution in [0.25, 0.3) is 0 Å². The van der Waals surface area contributed by atoms with Crippen molar-refractivity contribution in [1.29, 1.82) is 0 Å². The van der Waals surface area contributed by atoms with Crippen LogP contribution in [0.4, 0.5) is 0 Å². The van der Waals surface area contributed by atoms with Crippen molar-refractivity contribution in [2.45, 2.75) is 38.3 Å². The van der Waals surface area contributed by atoms with Gasteiger partial charge in [0.05, 0.1) is 0 Å². The molecule has 1 aliphatic rings. The summed E-state index contributed by atoms with van der Waals surface area (Å²) in [5.74, 6) is 0. The lowest BCUT2D eigenvalue weighted by atomic mass is 10.0. The van der Waals surface area contributed by atoms with Crippen LogP contribution >= 0.6 is 0 Å². The van der Waals surface area contributed by atoms with Crippen LogP contribution in [0.15, 0.2) is 48.8 Å². The first kappa shape index (κ1) is 17.2. The van der Waals surface area contributed by atoms with Crippen LogP contribution < -0.4 is 0 Å². The maximum Gasteiger partial charge on any atom is 0.0489 e. The Morgan fingerprint density at radius 2 is 2.04 bits per heavy atom. The van der Waals surface area contributed by atoms with Crippen molar-refractivity contribution in [3.63, 3.8) is 0 Å². The fourth-order valence-electron chi connectivity index (χ4n) is 3.62. The van der Waals surface area contributed by atoms with Gasteiger partial charge in [-0.3, -0.25) is 4.68 Å². The molecule has 1 aromatic carbocycles. The third kappa shape index (κ3) is 5.18. The molecule has 0 amide bonds. The van der Waals surface area contributed by atoms with Crippen molar-refractivity contribution in [3.8, 4) is 0 Å². The molecule has 0 aliphatic carbocycles. The van der Waals surface area contributed by atoms with E-state index in [0.29, 0.717) is 6.04 Å². The molecule has 0 saturated carbocycles. The number of hydrogen-bond acceptors (Lipinski definition) is 3. The molecule has 1 aliphatic heterocycles. The Kier molecular flexibility index (Phi) is 6.44. The third-order valence-corrected chi connectivity index (χ3v) is 5.12. The summed E-state index contributed by atoms with van der Waals surface area (Å²) in [6.45, 7) is 5.82. The number of benzene rings is 1. The maximum atomic E-state index is 4.29. The summed E-state index contributed by atoms with van der Waals surface area (Å²) < 4.78 is 2.04. The molecule has 0 bridgehead atoms. The molecule has 0 N–H and O–H groups in total. The minimum atomic E-state index is 0.701. The molecule has 2 heterocycles. The van der Waals surface area contributed by atoms with Gasteiger partial charge in [0.1, 0.15) is 0 Å². The fraction of sp³-hybridized carbons (Fsp3) is 0.550. The molecule has 2 aromatic rings. The van der Waals surface area contributed by atoms with Crippen LogP contribution in [-0.4, -0.2) is 58.8 Å². The van der Waals surface area contributed by atoms with Gasteiger partial charge in [-0.05, 0) is 57.5 Å². The Hall–Kier alpha value is -1.65. The largest absolute Gasteiger partial charge is 0.302 e. The van der Waals surface area contributed by atoms with Crippen LogP contribution in [0.1, 0.15) is 24.8 Å². The number of nitrogens with zero attached hydrogens (tertiary/aromatic N) is 4. The molecule has 1 fully saturated rings. The summed E-state index contributed by atoms with van der Waals surface area (Å²) in [7, 11) is 2.29. The highest BCUT2D eigenvalue weighted by Crippen LogP contribution is 2.16. The second-order valence-electron chi connectivity index (χ2n) is 6.94. The van der Waals surface area contributed by atoms with Gasteiger partial charge in [0.2, 0.25) is 0 Å². The van der Waals surface area contributed by atoms with Gasteiger partial charge in [0, 0.05) is 38.1 Å². The third-order valence-electron chi connectivity index (χ3n) is 5.12. The maximum absolute atomic E-state index is 4.29. The summed E-state index contributed by atoms with van der Waals surface area (Å²) in [6.07, 6.45) is 8.90. The zero-order chi connectivity index (χ0) is 16.6. The average molecular weight is 326 g/mol. The molecule has 3 rings (SSSR count). The first-order chi connectivity index (χ1) is 11.8. The predicted molar refractivity (Wildman–Crippen MR) is 99.1 cm³/mol. The van der Waals surface area contributed by atoms with Crippen LogP contribution in [0.2, 0.25) is 0 Å². The van der Waals surface area contributed by atoms with Gasteiger partial charge in [0.15, 0.2) is 0 Å². The lowest BCUT2D eigenvalue weighted by Crippen LogP contribution is -2.47. The number of likely N-dealkylation sites (tertiary alicyclic amines) is 1. The van der Waals surface area contributed by atoms with Crippen molar-refractivity contribution in [2.75, 3.05) is 33.2 Å². The van der Waals surface area contributed by atoms with E-state index in [-0.39, 0.29) is 0 Å².